The zero-order valence-electron chi connectivity index (χ0n) is 16.9. The molecular formula is C23H21NO5S. The van der Waals surface area contributed by atoms with Crippen molar-refractivity contribution in [2.24, 2.45) is 0 Å². The Balaban J connectivity index is 1.87. The van der Waals surface area contributed by atoms with Crippen LogP contribution in [0.2, 0.25) is 0 Å². The number of sulfonamides is 1. The SMILES string of the molecule is COc1ccc(C2C3=C(CN2S(=O)(=O)c2ccc(C)cc2)C(=O)C(C)=CC3=O)cc1. The zero-order valence-corrected chi connectivity index (χ0v) is 17.7. The first-order valence-electron chi connectivity index (χ1n) is 9.47. The molecule has 0 aromatic heterocycles. The largest absolute Gasteiger partial charge is 0.497 e. The Morgan fingerprint density at radius 1 is 0.967 bits per heavy atom. The molecule has 2 aromatic rings. The zero-order chi connectivity index (χ0) is 21.6. The van der Waals surface area contributed by atoms with Crippen molar-refractivity contribution in [3.05, 3.63) is 82.5 Å². The second-order valence-electron chi connectivity index (χ2n) is 7.45. The van der Waals surface area contributed by atoms with Crippen LogP contribution in [0.25, 0.3) is 0 Å². The van der Waals surface area contributed by atoms with Gasteiger partial charge in [0.25, 0.3) is 0 Å². The van der Waals surface area contributed by atoms with Crippen LogP contribution in [0.3, 0.4) is 0 Å². The summed E-state index contributed by atoms with van der Waals surface area (Å²) >= 11 is 0. The number of ether oxygens (including phenoxy) is 1. The summed E-state index contributed by atoms with van der Waals surface area (Å²) in [4.78, 5) is 25.7. The van der Waals surface area contributed by atoms with E-state index in [0.29, 0.717) is 16.9 Å². The highest BCUT2D eigenvalue weighted by atomic mass is 32.2. The van der Waals surface area contributed by atoms with E-state index >= 15 is 0 Å². The van der Waals surface area contributed by atoms with Gasteiger partial charge in [-0.3, -0.25) is 9.59 Å². The van der Waals surface area contributed by atoms with E-state index in [2.05, 4.69) is 0 Å². The lowest BCUT2D eigenvalue weighted by Crippen LogP contribution is -2.33. The van der Waals surface area contributed by atoms with Gasteiger partial charge in [0.2, 0.25) is 10.0 Å². The molecule has 0 N–H and O–H groups in total. The summed E-state index contributed by atoms with van der Waals surface area (Å²) in [5.41, 5.74) is 2.33. The van der Waals surface area contributed by atoms with Crippen LogP contribution < -0.4 is 4.74 Å². The molecule has 154 valence electrons. The molecule has 1 aliphatic heterocycles. The van der Waals surface area contributed by atoms with Crippen molar-refractivity contribution in [1.29, 1.82) is 0 Å². The molecule has 0 amide bonds. The fourth-order valence-corrected chi connectivity index (χ4v) is 5.44. The van der Waals surface area contributed by atoms with Crippen molar-refractivity contribution in [1.82, 2.24) is 4.31 Å². The Bertz CT molecular complexity index is 1210. The fraction of sp³-hybridized carbons (Fsp3) is 0.217. The van der Waals surface area contributed by atoms with Crippen molar-refractivity contribution in [2.75, 3.05) is 13.7 Å². The molecule has 4 rings (SSSR count). The number of carbonyl (C=O) groups is 2. The number of allylic oxidation sites excluding steroid dienone is 2. The van der Waals surface area contributed by atoms with Crippen LogP contribution in [0.5, 0.6) is 5.75 Å². The third-order valence-electron chi connectivity index (χ3n) is 5.50. The van der Waals surface area contributed by atoms with Crippen molar-refractivity contribution in [3.63, 3.8) is 0 Å². The molecule has 0 radical (unpaired) electrons. The molecule has 0 fully saturated rings. The number of methoxy groups -OCH3 is 1. The molecule has 0 saturated carbocycles. The minimum absolute atomic E-state index is 0.121. The maximum atomic E-state index is 13.5. The van der Waals surface area contributed by atoms with Gasteiger partial charge in [-0.25, -0.2) is 8.42 Å². The Morgan fingerprint density at radius 3 is 2.20 bits per heavy atom. The van der Waals surface area contributed by atoms with Gasteiger partial charge >= 0.3 is 0 Å². The van der Waals surface area contributed by atoms with E-state index in [9.17, 15) is 18.0 Å². The molecule has 1 heterocycles. The number of carbonyl (C=O) groups excluding carboxylic acids is 2. The molecule has 0 spiro atoms. The molecule has 7 heteroatoms. The standard InChI is InChI=1S/C23H21NO5S/c1-14-4-10-18(11-5-14)30(27,28)24-13-19-21(20(25)12-15(2)23(19)26)22(24)16-6-8-17(29-3)9-7-16/h4-12,22H,13H2,1-3H3. The van der Waals surface area contributed by atoms with Crippen molar-refractivity contribution >= 4 is 21.6 Å². The van der Waals surface area contributed by atoms with Crippen molar-refractivity contribution in [2.45, 2.75) is 24.8 Å². The van der Waals surface area contributed by atoms with Gasteiger partial charge in [0.1, 0.15) is 5.75 Å². The van der Waals surface area contributed by atoms with Gasteiger partial charge in [-0.05, 0) is 49.8 Å². The molecule has 0 bridgehead atoms. The predicted molar refractivity (Wildman–Crippen MR) is 112 cm³/mol. The molecule has 1 atom stereocenters. The van der Waals surface area contributed by atoms with E-state index in [1.165, 1.54) is 17.5 Å². The number of aryl methyl sites for hydroxylation is 1. The molecule has 2 aliphatic rings. The summed E-state index contributed by atoms with van der Waals surface area (Å²) in [6, 6.07) is 12.5. The van der Waals surface area contributed by atoms with Crippen LogP contribution in [0, 0.1) is 6.92 Å². The van der Waals surface area contributed by atoms with Gasteiger partial charge < -0.3 is 4.74 Å². The summed E-state index contributed by atoms with van der Waals surface area (Å²) in [7, 11) is -2.42. The lowest BCUT2D eigenvalue weighted by Gasteiger charge is -2.26. The summed E-state index contributed by atoms with van der Waals surface area (Å²) in [6.45, 7) is 3.31. The number of hydrogen-bond acceptors (Lipinski definition) is 5. The molecule has 30 heavy (non-hydrogen) atoms. The number of hydrogen-bond donors (Lipinski definition) is 0. The van der Waals surface area contributed by atoms with Gasteiger partial charge in [0.15, 0.2) is 11.6 Å². The third-order valence-corrected chi connectivity index (χ3v) is 7.33. The van der Waals surface area contributed by atoms with Gasteiger partial charge in [0.05, 0.1) is 18.0 Å². The number of rotatable bonds is 4. The van der Waals surface area contributed by atoms with E-state index in [1.807, 2.05) is 6.92 Å². The normalized spacial score (nSPS) is 19.7. The highest BCUT2D eigenvalue weighted by Gasteiger charge is 2.46. The third kappa shape index (κ3) is 3.20. The first-order chi connectivity index (χ1) is 14.2. The molecule has 0 saturated heterocycles. The molecule has 6 nitrogen and oxygen atoms in total. The van der Waals surface area contributed by atoms with Crippen LogP contribution >= 0.6 is 0 Å². The number of nitrogens with zero attached hydrogens (tertiary/aromatic N) is 1. The summed E-state index contributed by atoms with van der Waals surface area (Å²) in [5, 5.41) is 0. The minimum Gasteiger partial charge on any atom is -0.497 e. The lowest BCUT2D eigenvalue weighted by atomic mass is 9.87. The quantitative estimate of drug-likeness (QED) is 0.706. The van der Waals surface area contributed by atoms with Crippen molar-refractivity contribution in [3.8, 4) is 5.75 Å². The van der Waals surface area contributed by atoms with Gasteiger partial charge in [-0.1, -0.05) is 29.8 Å². The van der Waals surface area contributed by atoms with Crippen LogP contribution in [0.15, 0.2) is 76.2 Å². The van der Waals surface area contributed by atoms with Crippen LogP contribution in [0.4, 0.5) is 0 Å². The second-order valence-corrected chi connectivity index (χ2v) is 9.34. The Hall–Kier alpha value is -3.03. The topological polar surface area (TPSA) is 80.8 Å². The maximum Gasteiger partial charge on any atom is 0.244 e. The van der Waals surface area contributed by atoms with Crippen LogP contribution in [-0.2, 0) is 19.6 Å². The number of benzene rings is 2. The maximum absolute atomic E-state index is 13.5. The smallest absolute Gasteiger partial charge is 0.244 e. The van der Waals surface area contributed by atoms with E-state index in [0.717, 1.165) is 5.56 Å². The van der Waals surface area contributed by atoms with E-state index in [1.54, 1.807) is 55.5 Å². The highest BCUT2D eigenvalue weighted by molar-refractivity contribution is 7.89. The monoisotopic (exact) mass is 423 g/mol. The predicted octanol–water partition coefficient (Wildman–Crippen LogP) is 3.14. The van der Waals surface area contributed by atoms with E-state index < -0.39 is 16.1 Å². The number of ketones is 2. The average molecular weight is 423 g/mol. The molecular weight excluding hydrogens is 402 g/mol. The highest BCUT2D eigenvalue weighted by Crippen LogP contribution is 2.44. The average Bonchev–Trinajstić information content (AvgIpc) is 3.15. The molecule has 2 aromatic carbocycles. The first kappa shape index (κ1) is 20.3. The molecule has 1 unspecified atom stereocenters. The summed E-state index contributed by atoms with van der Waals surface area (Å²) in [6.07, 6.45) is 1.29. The Morgan fingerprint density at radius 2 is 1.60 bits per heavy atom. The second kappa shape index (κ2) is 7.34. The van der Waals surface area contributed by atoms with Gasteiger partial charge in [-0.2, -0.15) is 4.31 Å². The summed E-state index contributed by atoms with van der Waals surface area (Å²) < 4.78 is 33.5. The van der Waals surface area contributed by atoms with Crippen molar-refractivity contribution < 1.29 is 22.7 Å². The van der Waals surface area contributed by atoms with E-state index in [-0.39, 0.29) is 34.2 Å². The minimum atomic E-state index is -3.96. The fourth-order valence-electron chi connectivity index (χ4n) is 3.89. The van der Waals surface area contributed by atoms with Gasteiger partial charge in [-0.15, -0.1) is 0 Å². The van der Waals surface area contributed by atoms with Crippen LogP contribution in [-0.4, -0.2) is 37.9 Å². The summed E-state index contributed by atoms with van der Waals surface area (Å²) in [5.74, 6) is -0.00470. The molecule has 1 aliphatic carbocycles. The van der Waals surface area contributed by atoms with E-state index in [4.69, 9.17) is 4.74 Å². The van der Waals surface area contributed by atoms with Gasteiger partial charge in [0, 0.05) is 23.3 Å². The van der Waals surface area contributed by atoms with Crippen LogP contribution in [0.1, 0.15) is 24.1 Å². The Labute approximate surface area is 175 Å². The lowest BCUT2D eigenvalue weighted by molar-refractivity contribution is -0.115. The Kier molecular flexibility index (Phi) is 4.95. The number of Topliss-reactive ketones (excluding diaryl/α,β-unsaturated/α-hetero) is 1. The first-order valence-corrected chi connectivity index (χ1v) is 10.9.